The summed E-state index contributed by atoms with van der Waals surface area (Å²) in [6, 6.07) is 7.10. The topological polar surface area (TPSA) is 46.5 Å². The molecule has 0 heterocycles. The van der Waals surface area contributed by atoms with Crippen molar-refractivity contribution in [2.75, 3.05) is 0 Å². The molecule has 1 aromatic carbocycles. The lowest BCUT2D eigenvalue weighted by Gasteiger charge is -2.24. The van der Waals surface area contributed by atoms with Gasteiger partial charge in [0.2, 0.25) is 0 Å². The zero-order chi connectivity index (χ0) is 18.2. The first-order valence-electron chi connectivity index (χ1n) is 9.18. The molecule has 0 saturated heterocycles. The number of ether oxygens (including phenoxy) is 1. The van der Waals surface area contributed by atoms with Crippen LogP contribution in [0.5, 0.6) is 5.75 Å². The number of benzene rings is 1. The summed E-state index contributed by atoms with van der Waals surface area (Å²) < 4.78 is 5.60. The Morgan fingerprint density at radius 1 is 1.04 bits per heavy atom. The molecule has 0 aliphatic heterocycles. The van der Waals surface area contributed by atoms with Gasteiger partial charge in [0.15, 0.2) is 0 Å². The summed E-state index contributed by atoms with van der Waals surface area (Å²) in [6.45, 7) is 10.2. The molecule has 3 heteroatoms. The normalized spacial score (nSPS) is 13.1. The molecular weight excluding hydrogens is 300 g/mol. The number of rotatable bonds is 9. The standard InChI is InChI=1S/C21H34O3/c1-16(2)9-7-6-8-10-18(20(23)24-21(3,4)5)15-17-11-13-19(22)14-12-17/h11-14,16,18,22H,6-10,15H2,1-5H3. The molecule has 3 nitrogen and oxygen atoms in total. The predicted molar refractivity (Wildman–Crippen MR) is 99.1 cm³/mol. The Hall–Kier alpha value is -1.51. The fourth-order valence-corrected chi connectivity index (χ4v) is 2.73. The van der Waals surface area contributed by atoms with E-state index in [4.69, 9.17) is 4.74 Å². The van der Waals surface area contributed by atoms with Crippen molar-refractivity contribution in [2.24, 2.45) is 11.8 Å². The van der Waals surface area contributed by atoms with Gasteiger partial charge < -0.3 is 9.84 Å². The monoisotopic (exact) mass is 334 g/mol. The maximum Gasteiger partial charge on any atom is 0.309 e. The van der Waals surface area contributed by atoms with Crippen LogP contribution in [0.2, 0.25) is 0 Å². The molecule has 1 unspecified atom stereocenters. The molecule has 1 aromatic rings. The van der Waals surface area contributed by atoms with Crippen LogP contribution in [0.25, 0.3) is 0 Å². The molecule has 1 atom stereocenters. The van der Waals surface area contributed by atoms with Crippen molar-refractivity contribution in [3.8, 4) is 5.75 Å². The molecule has 136 valence electrons. The van der Waals surface area contributed by atoms with Crippen LogP contribution < -0.4 is 0 Å². The zero-order valence-corrected chi connectivity index (χ0v) is 16.0. The van der Waals surface area contributed by atoms with Crippen LogP contribution >= 0.6 is 0 Å². The summed E-state index contributed by atoms with van der Waals surface area (Å²) in [5.41, 5.74) is 0.605. The highest BCUT2D eigenvalue weighted by atomic mass is 16.6. The molecule has 0 spiro atoms. The summed E-state index contributed by atoms with van der Waals surface area (Å²) in [6.07, 6.45) is 6.20. The van der Waals surface area contributed by atoms with E-state index >= 15 is 0 Å². The summed E-state index contributed by atoms with van der Waals surface area (Å²) in [4.78, 5) is 12.5. The van der Waals surface area contributed by atoms with Gasteiger partial charge in [-0.25, -0.2) is 0 Å². The highest BCUT2D eigenvalue weighted by Crippen LogP contribution is 2.22. The van der Waals surface area contributed by atoms with Crippen molar-refractivity contribution in [3.63, 3.8) is 0 Å². The summed E-state index contributed by atoms with van der Waals surface area (Å²) in [5.74, 6) is 0.761. The lowest BCUT2D eigenvalue weighted by atomic mass is 9.92. The van der Waals surface area contributed by atoms with Crippen LogP contribution in [0.3, 0.4) is 0 Å². The van der Waals surface area contributed by atoms with Gasteiger partial charge in [0.1, 0.15) is 11.4 Å². The van der Waals surface area contributed by atoms with Crippen LogP contribution in [-0.2, 0) is 16.0 Å². The average Bonchev–Trinajstić information content (AvgIpc) is 2.45. The molecule has 1 N–H and O–H groups in total. The lowest BCUT2D eigenvalue weighted by Crippen LogP contribution is -2.29. The number of carbonyl (C=O) groups is 1. The first-order valence-corrected chi connectivity index (χ1v) is 9.18. The van der Waals surface area contributed by atoms with E-state index in [-0.39, 0.29) is 17.6 Å². The maximum absolute atomic E-state index is 12.5. The van der Waals surface area contributed by atoms with Crippen molar-refractivity contribution in [1.29, 1.82) is 0 Å². The molecule has 0 aromatic heterocycles. The van der Waals surface area contributed by atoms with E-state index in [2.05, 4.69) is 13.8 Å². The first-order chi connectivity index (χ1) is 11.2. The van der Waals surface area contributed by atoms with Crippen molar-refractivity contribution in [1.82, 2.24) is 0 Å². The molecule has 0 fully saturated rings. The molecule has 1 rings (SSSR count). The summed E-state index contributed by atoms with van der Waals surface area (Å²) >= 11 is 0. The smallest absolute Gasteiger partial charge is 0.309 e. The molecule has 0 aliphatic rings. The molecule has 24 heavy (non-hydrogen) atoms. The number of aromatic hydroxyl groups is 1. The van der Waals surface area contributed by atoms with Crippen LogP contribution in [-0.4, -0.2) is 16.7 Å². The number of phenols is 1. The Morgan fingerprint density at radius 3 is 2.17 bits per heavy atom. The Bertz CT molecular complexity index is 483. The van der Waals surface area contributed by atoms with Crippen molar-refractivity contribution in [2.45, 2.75) is 78.7 Å². The summed E-state index contributed by atoms with van der Waals surface area (Å²) in [7, 11) is 0. The van der Waals surface area contributed by atoms with Crippen LogP contribution in [0, 0.1) is 11.8 Å². The SMILES string of the molecule is CC(C)CCCCCC(Cc1ccc(O)cc1)C(=O)OC(C)(C)C. The molecular formula is C21H34O3. The van der Waals surface area contributed by atoms with E-state index in [9.17, 15) is 9.90 Å². The second-order valence-corrected chi connectivity index (χ2v) is 8.13. The van der Waals surface area contributed by atoms with Crippen LogP contribution in [0.1, 0.15) is 72.3 Å². The Balaban J connectivity index is 2.61. The molecule has 0 amide bonds. The van der Waals surface area contributed by atoms with Gasteiger partial charge in [-0.3, -0.25) is 4.79 Å². The number of unbranched alkanes of at least 4 members (excludes halogenated alkanes) is 2. The summed E-state index contributed by atoms with van der Waals surface area (Å²) in [5, 5.41) is 9.41. The number of phenolic OH excluding ortho intramolecular Hbond substituents is 1. The highest BCUT2D eigenvalue weighted by Gasteiger charge is 2.25. The van der Waals surface area contributed by atoms with Crippen LogP contribution in [0.15, 0.2) is 24.3 Å². The quantitative estimate of drug-likeness (QED) is 0.479. The number of carbonyl (C=O) groups excluding carboxylic acids is 1. The minimum atomic E-state index is -0.456. The first kappa shape index (κ1) is 20.5. The average molecular weight is 335 g/mol. The number of esters is 1. The van der Waals surface area contributed by atoms with Gasteiger partial charge >= 0.3 is 5.97 Å². The van der Waals surface area contributed by atoms with Crippen molar-refractivity contribution < 1.29 is 14.6 Å². The van der Waals surface area contributed by atoms with E-state index in [0.717, 1.165) is 30.7 Å². The molecule has 0 aliphatic carbocycles. The third-order valence-electron chi connectivity index (χ3n) is 3.99. The third-order valence-corrected chi connectivity index (χ3v) is 3.99. The Labute approximate surface area is 147 Å². The molecule has 0 radical (unpaired) electrons. The van der Waals surface area contributed by atoms with Gasteiger partial charge in [0.05, 0.1) is 5.92 Å². The van der Waals surface area contributed by atoms with Gasteiger partial charge in [-0.15, -0.1) is 0 Å². The lowest BCUT2D eigenvalue weighted by molar-refractivity contribution is -0.160. The Kier molecular flexibility index (Phi) is 8.30. The van der Waals surface area contributed by atoms with E-state index in [1.165, 1.54) is 12.8 Å². The van der Waals surface area contributed by atoms with Gasteiger partial charge in [-0.2, -0.15) is 0 Å². The predicted octanol–water partition coefficient (Wildman–Crippen LogP) is 5.50. The minimum absolute atomic E-state index is 0.112. The van der Waals surface area contributed by atoms with Crippen molar-refractivity contribution >= 4 is 5.97 Å². The fourth-order valence-electron chi connectivity index (χ4n) is 2.73. The second-order valence-electron chi connectivity index (χ2n) is 8.13. The van der Waals surface area contributed by atoms with E-state index in [0.29, 0.717) is 6.42 Å². The van der Waals surface area contributed by atoms with Gasteiger partial charge in [0.25, 0.3) is 0 Å². The number of hydrogen-bond donors (Lipinski definition) is 1. The largest absolute Gasteiger partial charge is 0.508 e. The minimum Gasteiger partial charge on any atom is -0.508 e. The number of hydrogen-bond acceptors (Lipinski definition) is 3. The molecule has 0 saturated carbocycles. The van der Waals surface area contributed by atoms with E-state index < -0.39 is 5.60 Å². The van der Waals surface area contributed by atoms with Gasteiger partial charge in [-0.1, -0.05) is 51.7 Å². The molecule has 0 bridgehead atoms. The van der Waals surface area contributed by atoms with Gasteiger partial charge in [0, 0.05) is 0 Å². The zero-order valence-electron chi connectivity index (χ0n) is 16.0. The van der Waals surface area contributed by atoms with E-state index in [1.54, 1.807) is 12.1 Å². The van der Waals surface area contributed by atoms with Crippen molar-refractivity contribution in [3.05, 3.63) is 29.8 Å². The van der Waals surface area contributed by atoms with Crippen LogP contribution in [0.4, 0.5) is 0 Å². The maximum atomic E-state index is 12.5. The Morgan fingerprint density at radius 2 is 1.62 bits per heavy atom. The second kappa shape index (κ2) is 9.71. The third kappa shape index (κ3) is 8.95. The van der Waals surface area contributed by atoms with E-state index in [1.807, 2.05) is 32.9 Å². The fraction of sp³-hybridized carbons (Fsp3) is 0.667. The highest BCUT2D eigenvalue weighted by molar-refractivity contribution is 5.73. The van der Waals surface area contributed by atoms with Gasteiger partial charge in [-0.05, 0) is 57.2 Å².